The van der Waals surface area contributed by atoms with Crippen molar-refractivity contribution in [3.05, 3.63) is 162 Å². The Morgan fingerprint density at radius 2 is 1.58 bits per heavy atom. The van der Waals surface area contributed by atoms with Gasteiger partial charge in [0.05, 0.1) is 0 Å². The zero-order valence-electron chi connectivity index (χ0n) is 37.7. The van der Waals surface area contributed by atoms with Gasteiger partial charge < -0.3 is 19.4 Å². The summed E-state index contributed by atoms with van der Waals surface area (Å²) in [5.41, 5.74) is 7.49. The number of hydrogen-bond acceptors (Lipinski definition) is 4. The van der Waals surface area contributed by atoms with Crippen molar-refractivity contribution in [2.24, 2.45) is 0 Å². The number of aryl methyl sites for hydroxylation is 4. The molecule has 255 valence electrons. The molecule has 7 aromatic rings. The predicted octanol–water partition coefficient (Wildman–Crippen LogP) is 8.99. The van der Waals surface area contributed by atoms with Crippen molar-refractivity contribution >= 4 is 23.1 Å². The van der Waals surface area contributed by atoms with Gasteiger partial charge in [-0.15, -0.1) is 59.1 Å². The van der Waals surface area contributed by atoms with E-state index in [2.05, 4.69) is 28.2 Å². The molecule has 3 aliphatic rings. The largest absolute Gasteiger partial charge is 0.503 e. The molecule has 0 atom stereocenters. The fourth-order valence-corrected chi connectivity index (χ4v) is 6.83. The topological polar surface area (TPSA) is 44.2 Å². The number of nitrogens with zero attached hydrogens (tertiary/aromatic N) is 2. The average molecular weight is 861 g/mol. The number of hydrogen-bond donors (Lipinski definition) is 0. The van der Waals surface area contributed by atoms with Crippen LogP contribution in [-0.4, -0.2) is 16.7 Å². The van der Waals surface area contributed by atoms with Crippen LogP contribution in [-0.2, 0) is 32.9 Å². The molecule has 4 nitrogen and oxygen atoms in total. The molecule has 0 unspecified atom stereocenters. The van der Waals surface area contributed by atoms with Crippen molar-refractivity contribution < 1.29 is 43.3 Å². The number of benzene rings is 5. The van der Waals surface area contributed by atoms with E-state index in [-0.39, 0.29) is 56.5 Å². The summed E-state index contributed by atoms with van der Waals surface area (Å²) in [7, 11) is 0. The first-order valence-electron chi connectivity index (χ1n) is 21.7. The molecule has 1 aliphatic carbocycles. The number of rotatable bonds is 3. The van der Waals surface area contributed by atoms with Crippen molar-refractivity contribution in [3.8, 4) is 56.6 Å². The van der Waals surface area contributed by atoms with E-state index < -0.39 is 26.4 Å². The molecule has 2 aliphatic heterocycles. The number of pyridine rings is 2. The van der Waals surface area contributed by atoms with Gasteiger partial charge in [0.2, 0.25) is 6.71 Å². The van der Waals surface area contributed by atoms with Gasteiger partial charge in [-0.2, -0.15) is 0 Å². The van der Waals surface area contributed by atoms with Crippen molar-refractivity contribution in [1.29, 1.82) is 0 Å². The first-order chi connectivity index (χ1) is 29.0. The van der Waals surface area contributed by atoms with Gasteiger partial charge in [-0.05, 0) is 89.7 Å². The van der Waals surface area contributed by atoms with Crippen molar-refractivity contribution in [3.63, 3.8) is 0 Å². The Labute approximate surface area is 333 Å². The number of aromatic nitrogens is 2. The SMILES string of the molecule is [2H]C([2H])([2H])c1c[c-]c(-c2cc(-c3ccccc3)c(C([2H])([2H])[2H])cn2)cc1.[2H]C1([2H])CCC([2H])([2H])c2nc(-c3[c-]ccc4c3Oc3cccc5c3B4c3ccccc3O5)ccc21.[Ir]. The van der Waals surface area contributed by atoms with Crippen molar-refractivity contribution in [2.45, 2.75) is 39.3 Å². The Kier molecular flexibility index (Phi) is 6.65. The number of fused-ring (bicyclic) bond motifs is 5. The second-order valence-corrected chi connectivity index (χ2v) is 12.4. The molecule has 10 rings (SSSR count). The van der Waals surface area contributed by atoms with E-state index in [4.69, 9.17) is 23.2 Å². The standard InChI is InChI=1S/C27H19BNO2.C19H16N.Ir/c1-3-11-21-17(7-1)15-16-22(29-21)18-8-5-10-20-27(18)31-25-14-6-13-24-26(25)28(20)19-9-2-4-12-23(19)30-24;1-14-8-10-17(11-9-14)19-12-18(15(2)13-20-19)16-6-4-3-5-7-16;/h2,4-6,9-10,12-16H,1,3,7,11H2;3-10,12-13H,1-2H3;/q2*-1;/i7D2,11D2;1D3,2D3;. The van der Waals surface area contributed by atoms with Crippen molar-refractivity contribution in [1.82, 2.24) is 9.97 Å². The molecule has 52 heavy (non-hydrogen) atoms. The predicted molar refractivity (Wildman–Crippen MR) is 206 cm³/mol. The third-order valence-electron chi connectivity index (χ3n) is 9.23. The summed E-state index contributed by atoms with van der Waals surface area (Å²) >= 11 is 0. The molecule has 0 saturated carbocycles. The third kappa shape index (κ3) is 6.27. The van der Waals surface area contributed by atoms with E-state index >= 15 is 0 Å². The summed E-state index contributed by atoms with van der Waals surface area (Å²) in [4.78, 5) is 8.93. The summed E-state index contributed by atoms with van der Waals surface area (Å²) < 4.78 is 91.9. The first-order valence-corrected chi connectivity index (χ1v) is 16.7. The van der Waals surface area contributed by atoms with Gasteiger partial charge in [0.25, 0.3) is 0 Å². The molecule has 0 amide bonds. The minimum absolute atomic E-state index is 0. The Hall–Kier alpha value is -5.29. The minimum Gasteiger partial charge on any atom is -0.503 e. The molecule has 0 spiro atoms. The van der Waals surface area contributed by atoms with Gasteiger partial charge in [-0.25, -0.2) is 0 Å². The van der Waals surface area contributed by atoms with E-state index in [1.165, 1.54) is 18.3 Å². The smallest absolute Gasteiger partial charge is 0.241 e. The van der Waals surface area contributed by atoms with Gasteiger partial charge in [0, 0.05) is 56.9 Å². The zero-order chi connectivity index (χ0) is 42.9. The maximum atomic E-state index is 8.49. The fraction of sp³-hybridized carbons (Fsp3) is 0.130. The molecular weight excluding hydrogens is 816 g/mol. The van der Waals surface area contributed by atoms with E-state index in [0.717, 1.165) is 33.5 Å². The molecule has 1 radical (unpaired) electrons. The summed E-state index contributed by atoms with van der Waals surface area (Å²) in [5.74, 6) is 2.92. The van der Waals surface area contributed by atoms with E-state index in [0.29, 0.717) is 45.1 Å². The molecule has 0 saturated heterocycles. The summed E-state index contributed by atoms with van der Waals surface area (Å²) in [6, 6.07) is 42.8. The Morgan fingerprint density at radius 1 is 0.750 bits per heavy atom. The molecule has 0 fully saturated rings. The van der Waals surface area contributed by atoms with Crippen LogP contribution in [0.25, 0.3) is 33.6 Å². The monoisotopic (exact) mass is 861 g/mol. The zero-order valence-corrected chi connectivity index (χ0v) is 30.1. The van der Waals surface area contributed by atoms with Crippen LogP contribution in [0.5, 0.6) is 23.0 Å². The van der Waals surface area contributed by atoms with Gasteiger partial charge in [-0.3, -0.25) is 0 Å². The summed E-state index contributed by atoms with van der Waals surface area (Å²) in [6.45, 7) is -4.56. The first kappa shape index (κ1) is 24.0. The molecule has 0 bridgehead atoms. The average Bonchev–Trinajstić information content (AvgIpc) is 3.25. The molecule has 4 heterocycles. The van der Waals surface area contributed by atoms with Crippen LogP contribution < -0.4 is 25.9 Å². The van der Waals surface area contributed by atoms with Gasteiger partial charge in [0.15, 0.2) is 0 Å². The second kappa shape index (κ2) is 14.4. The van der Waals surface area contributed by atoms with E-state index in [1.54, 1.807) is 24.3 Å². The van der Waals surface area contributed by atoms with Crippen LogP contribution in [0, 0.1) is 25.8 Å². The van der Waals surface area contributed by atoms with Crippen LogP contribution in [0.15, 0.2) is 128 Å². The van der Waals surface area contributed by atoms with Crippen LogP contribution in [0.3, 0.4) is 0 Å². The molecule has 5 aromatic carbocycles. The molecular formula is C46H35BIrN2O2-2. The molecule has 2 aromatic heterocycles. The normalized spacial score (nSPS) is 18.3. The fourth-order valence-electron chi connectivity index (χ4n) is 6.83. The van der Waals surface area contributed by atoms with E-state index in [9.17, 15) is 0 Å². The Balaban J connectivity index is 0.000000176. The van der Waals surface area contributed by atoms with Crippen molar-refractivity contribution in [2.75, 3.05) is 0 Å². The van der Waals surface area contributed by atoms with Crippen LogP contribution in [0.1, 0.15) is 48.9 Å². The van der Waals surface area contributed by atoms with E-state index in [1.807, 2.05) is 78.9 Å². The van der Waals surface area contributed by atoms with Crippen LogP contribution in [0.2, 0.25) is 0 Å². The third-order valence-corrected chi connectivity index (χ3v) is 9.23. The van der Waals surface area contributed by atoms with Gasteiger partial charge in [0.1, 0.15) is 17.2 Å². The molecule has 0 N–H and O–H groups in total. The number of para-hydroxylation sites is 1. The maximum Gasteiger partial charge on any atom is 0.241 e. The van der Waals surface area contributed by atoms with Gasteiger partial charge in [-0.1, -0.05) is 85.2 Å². The number of ether oxygens (including phenoxy) is 2. The maximum absolute atomic E-state index is 8.49. The van der Waals surface area contributed by atoms with Crippen LogP contribution in [0.4, 0.5) is 0 Å². The quantitative estimate of drug-likeness (QED) is 0.132. The molecule has 6 heteroatoms. The summed E-state index contributed by atoms with van der Waals surface area (Å²) in [6.07, 6.45) is -1.73. The van der Waals surface area contributed by atoms with Gasteiger partial charge >= 0.3 is 0 Å². The van der Waals surface area contributed by atoms with Crippen LogP contribution >= 0.6 is 0 Å². The second-order valence-electron chi connectivity index (χ2n) is 12.4. The Bertz CT molecular complexity index is 2820. The summed E-state index contributed by atoms with van der Waals surface area (Å²) in [5, 5.41) is 0. The minimum atomic E-state index is -2.29. The Morgan fingerprint density at radius 3 is 2.42 bits per heavy atom.